The van der Waals surface area contributed by atoms with Crippen LogP contribution in [0.1, 0.15) is 66.7 Å². The smallest absolute Gasteiger partial charge is 0.246 e. The van der Waals surface area contributed by atoms with Crippen molar-refractivity contribution in [3.8, 4) is 0 Å². The first kappa shape index (κ1) is 16.3. The van der Waals surface area contributed by atoms with E-state index in [0.29, 0.717) is 6.42 Å². The van der Waals surface area contributed by atoms with Crippen LogP contribution in [0.4, 0.5) is 0 Å². The molecule has 0 spiro atoms. The van der Waals surface area contributed by atoms with E-state index in [1.54, 1.807) is 0 Å². The Morgan fingerprint density at radius 3 is 2.29 bits per heavy atom. The first-order valence-corrected chi connectivity index (χ1v) is 8.29. The van der Waals surface area contributed by atoms with E-state index < -0.39 is 6.04 Å². The van der Waals surface area contributed by atoms with E-state index in [2.05, 4.69) is 12.2 Å². The van der Waals surface area contributed by atoms with Gasteiger partial charge in [0.1, 0.15) is 12.1 Å². The second-order valence-electron chi connectivity index (χ2n) is 8.22. The van der Waals surface area contributed by atoms with E-state index >= 15 is 0 Å². The lowest BCUT2D eigenvalue weighted by atomic mass is 9.81. The standard InChI is InChI=1S/C17H30N2O2/c1-6-12-14(20)18-13(16(2,3)4)15(21)19(12)11-17(5)9-7-8-10-17/h12-13H,6-11H2,1-5H3,(H,18,20). The van der Waals surface area contributed by atoms with Gasteiger partial charge in [-0.3, -0.25) is 9.59 Å². The normalized spacial score (nSPS) is 29.7. The predicted molar refractivity (Wildman–Crippen MR) is 83.8 cm³/mol. The third-order valence-electron chi connectivity index (χ3n) is 5.11. The quantitative estimate of drug-likeness (QED) is 0.870. The third kappa shape index (κ3) is 3.24. The number of rotatable bonds is 3. The fraction of sp³-hybridized carbons (Fsp3) is 0.882. The predicted octanol–water partition coefficient (Wildman–Crippen LogP) is 2.72. The van der Waals surface area contributed by atoms with E-state index in [-0.39, 0.29) is 28.7 Å². The van der Waals surface area contributed by atoms with Crippen LogP contribution in [0.3, 0.4) is 0 Å². The van der Waals surface area contributed by atoms with Crippen molar-refractivity contribution in [2.75, 3.05) is 6.54 Å². The maximum Gasteiger partial charge on any atom is 0.246 e. The van der Waals surface area contributed by atoms with E-state index in [4.69, 9.17) is 0 Å². The summed E-state index contributed by atoms with van der Waals surface area (Å²) in [5, 5.41) is 2.94. The molecule has 1 N–H and O–H groups in total. The Hall–Kier alpha value is -1.06. The molecule has 1 saturated heterocycles. The highest BCUT2D eigenvalue weighted by atomic mass is 16.2. The molecule has 2 amide bonds. The summed E-state index contributed by atoms with van der Waals surface area (Å²) in [6.07, 6.45) is 5.49. The summed E-state index contributed by atoms with van der Waals surface area (Å²) < 4.78 is 0. The number of nitrogens with one attached hydrogen (secondary N) is 1. The Morgan fingerprint density at radius 2 is 1.81 bits per heavy atom. The van der Waals surface area contributed by atoms with E-state index in [0.717, 1.165) is 19.4 Å². The zero-order valence-corrected chi connectivity index (χ0v) is 14.2. The number of carbonyl (C=O) groups excluding carboxylic acids is 2. The highest BCUT2D eigenvalue weighted by Crippen LogP contribution is 2.39. The van der Waals surface area contributed by atoms with Crippen LogP contribution in [0, 0.1) is 10.8 Å². The van der Waals surface area contributed by atoms with Crippen LogP contribution in [0.15, 0.2) is 0 Å². The van der Waals surface area contributed by atoms with Crippen molar-refractivity contribution in [2.24, 2.45) is 10.8 Å². The fourth-order valence-electron chi connectivity index (χ4n) is 3.74. The van der Waals surface area contributed by atoms with Crippen molar-refractivity contribution in [2.45, 2.75) is 78.8 Å². The summed E-state index contributed by atoms with van der Waals surface area (Å²) in [4.78, 5) is 27.2. The van der Waals surface area contributed by atoms with Crippen molar-refractivity contribution in [1.82, 2.24) is 10.2 Å². The molecule has 2 aliphatic rings. The molecule has 4 nitrogen and oxygen atoms in total. The van der Waals surface area contributed by atoms with E-state index in [9.17, 15) is 9.59 Å². The molecule has 2 rings (SSSR count). The van der Waals surface area contributed by atoms with Crippen molar-refractivity contribution in [3.63, 3.8) is 0 Å². The molecule has 21 heavy (non-hydrogen) atoms. The highest BCUT2D eigenvalue weighted by molar-refractivity contribution is 5.97. The summed E-state index contributed by atoms with van der Waals surface area (Å²) in [7, 11) is 0. The third-order valence-corrected chi connectivity index (χ3v) is 5.11. The van der Waals surface area contributed by atoms with Gasteiger partial charge in [0, 0.05) is 6.54 Å². The van der Waals surface area contributed by atoms with Gasteiger partial charge >= 0.3 is 0 Å². The van der Waals surface area contributed by atoms with Gasteiger partial charge in [-0.05, 0) is 30.1 Å². The highest BCUT2D eigenvalue weighted by Gasteiger charge is 2.46. The van der Waals surface area contributed by atoms with Crippen molar-refractivity contribution < 1.29 is 9.59 Å². The minimum absolute atomic E-state index is 0.0126. The first-order chi connectivity index (χ1) is 9.68. The molecule has 0 aromatic heterocycles. The first-order valence-electron chi connectivity index (χ1n) is 8.29. The second-order valence-corrected chi connectivity index (χ2v) is 8.22. The van der Waals surface area contributed by atoms with Gasteiger partial charge in [0.2, 0.25) is 11.8 Å². The molecule has 1 saturated carbocycles. The molecule has 4 heteroatoms. The molecule has 1 aliphatic carbocycles. The molecular weight excluding hydrogens is 264 g/mol. The molecule has 1 heterocycles. The van der Waals surface area contributed by atoms with Crippen LogP contribution in [0.25, 0.3) is 0 Å². The van der Waals surface area contributed by atoms with Crippen molar-refractivity contribution in [1.29, 1.82) is 0 Å². The SMILES string of the molecule is CCC1C(=O)NC(C(C)(C)C)C(=O)N1CC1(C)CCCC1. The van der Waals surface area contributed by atoms with Gasteiger partial charge < -0.3 is 10.2 Å². The molecule has 0 bridgehead atoms. The molecule has 1 aliphatic heterocycles. The number of carbonyl (C=O) groups is 2. The van der Waals surface area contributed by atoms with Crippen LogP contribution >= 0.6 is 0 Å². The lowest BCUT2D eigenvalue weighted by Gasteiger charge is -2.45. The van der Waals surface area contributed by atoms with Crippen LogP contribution in [0.2, 0.25) is 0 Å². The maximum atomic E-state index is 12.9. The summed E-state index contributed by atoms with van der Waals surface area (Å²) in [5.74, 6) is 0.112. The van der Waals surface area contributed by atoms with E-state index in [1.807, 2.05) is 32.6 Å². The summed E-state index contributed by atoms with van der Waals surface area (Å²) in [6, 6.07) is -0.702. The van der Waals surface area contributed by atoms with Gasteiger partial charge in [-0.2, -0.15) is 0 Å². The second kappa shape index (κ2) is 5.62. The summed E-state index contributed by atoms with van der Waals surface area (Å²) in [6.45, 7) is 11.0. The van der Waals surface area contributed by atoms with Gasteiger partial charge in [-0.15, -0.1) is 0 Å². The minimum Gasteiger partial charge on any atom is -0.342 e. The molecule has 2 fully saturated rings. The molecule has 2 unspecified atom stereocenters. The molecule has 120 valence electrons. The van der Waals surface area contributed by atoms with Crippen LogP contribution in [-0.4, -0.2) is 35.3 Å². The number of nitrogens with zero attached hydrogens (tertiary/aromatic N) is 1. The van der Waals surface area contributed by atoms with Gasteiger partial charge in [0.05, 0.1) is 0 Å². The fourth-order valence-corrected chi connectivity index (χ4v) is 3.74. The molecule has 0 radical (unpaired) electrons. The van der Waals surface area contributed by atoms with Gasteiger partial charge in [0.15, 0.2) is 0 Å². The Morgan fingerprint density at radius 1 is 1.24 bits per heavy atom. The summed E-state index contributed by atoms with van der Waals surface area (Å²) >= 11 is 0. The number of hydrogen-bond acceptors (Lipinski definition) is 2. The average molecular weight is 294 g/mol. The number of amides is 2. The van der Waals surface area contributed by atoms with Gasteiger partial charge in [0.25, 0.3) is 0 Å². The lowest BCUT2D eigenvalue weighted by molar-refractivity contribution is -0.154. The zero-order valence-electron chi connectivity index (χ0n) is 14.2. The number of hydrogen-bond donors (Lipinski definition) is 1. The maximum absolute atomic E-state index is 12.9. The largest absolute Gasteiger partial charge is 0.342 e. The Kier molecular flexibility index (Phi) is 4.36. The van der Waals surface area contributed by atoms with E-state index in [1.165, 1.54) is 12.8 Å². The van der Waals surface area contributed by atoms with Crippen LogP contribution in [0.5, 0.6) is 0 Å². The number of piperazine rings is 1. The molecule has 0 aromatic carbocycles. The topological polar surface area (TPSA) is 49.4 Å². The van der Waals surface area contributed by atoms with Crippen molar-refractivity contribution in [3.05, 3.63) is 0 Å². The van der Waals surface area contributed by atoms with Gasteiger partial charge in [-0.1, -0.05) is 47.5 Å². The monoisotopic (exact) mass is 294 g/mol. The summed E-state index contributed by atoms with van der Waals surface area (Å²) in [5.41, 5.74) is -0.0661. The Balaban J connectivity index is 2.24. The van der Waals surface area contributed by atoms with Crippen LogP contribution < -0.4 is 5.32 Å². The zero-order chi connectivity index (χ0) is 15.8. The van der Waals surface area contributed by atoms with Crippen molar-refractivity contribution >= 4 is 11.8 Å². The molecule has 0 aromatic rings. The lowest BCUT2D eigenvalue weighted by Crippen LogP contribution is -2.67. The molecule has 2 atom stereocenters. The minimum atomic E-state index is -0.405. The Bertz CT molecular complexity index is 419. The van der Waals surface area contributed by atoms with Crippen LogP contribution in [-0.2, 0) is 9.59 Å². The average Bonchev–Trinajstić information content (AvgIpc) is 2.79. The molecular formula is C17H30N2O2. The van der Waals surface area contributed by atoms with Gasteiger partial charge in [-0.25, -0.2) is 0 Å². The Labute approximate surface area is 128 Å².